The molecule has 3 nitrogen and oxygen atoms in total. The largest absolute Gasteiger partial charge is 0.352 e. The van der Waals surface area contributed by atoms with Crippen LogP contribution < -0.4 is 10.6 Å². The Kier molecular flexibility index (Phi) is 15.4. The topological polar surface area (TPSA) is 41.1 Å². The summed E-state index contributed by atoms with van der Waals surface area (Å²) >= 11 is 0. The minimum Gasteiger partial charge on any atom is -0.352 e. The first-order valence-corrected chi connectivity index (χ1v) is 9.18. The molecule has 0 aromatic carbocycles. The van der Waals surface area contributed by atoms with Crippen molar-refractivity contribution >= 4 is 5.91 Å². The fourth-order valence-corrected chi connectivity index (χ4v) is 2.70. The molecule has 0 spiro atoms. The van der Waals surface area contributed by atoms with Crippen LogP contribution in [0.15, 0.2) is 0 Å². The Hall–Kier alpha value is -0.570. The van der Waals surface area contributed by atoms with Gasteiger partial charge in [0.1, 0.15) is 0 Å². The van der Waals surface area contributed by atoms with Gasteiger partial charge in [0.05, 0.1) is 6.54 Å². The van der Waals surface area contributed by atoms with E-state index in [-0.39, 0.29) is 5.91 Å². The Labute approximate surface area is 132 Å². The van der Waals surface area contributed by atoms with Crippen molar-refractivity contribution < 1.29 is 4.79 Å². The van der Waals surface area contributed by atoms with Gasteiger partial charge >= 0.3 is 0 Å². The molecule has 1 amide bonds. The van der Waals surface area contributed by atoms with Crippen LogP contribution in [-0.2, 0) is 4.79 Å². The molecule has 0 fully saturated rings. The number of amides is 1. The van der Waals surface area contributed by atoms with Gasteiger partial charge in [-0.05, 0) is 19.9 Å². The van der Waals surface area contributed by atoms with Gasteiger partial charge in [-0.25, -0.2) is 0 Å². The number of carbonyl (C=O) groups excluding carboxylic acids is 1. The fraction of sp³-hybridized carbons (Fsp3) is 0.944. The molecule has 0 rings (SSSR count). The van der Waals surface area contributed by atoms with Crippen LogP contribution in [0.4, 0.5) is 0 Å². The van der Waals surface area contributed by atoms with Crippen LogP contribution in [0.1, 0.15) is 90.9 Å². The van der Waals surface area contributed by atoms with Gasteiger partial charge in [-0.1, -0.05) is 78.1 Å². The third kappa shape index (κ3) is 14.1. The number of nitrogens with one attached hydrogen (secondary N) is 2. The summed E-state index contributed by atoms with van der Waals surface area (Å²) in [5.41, 5.74) is 0. The molecule has 1 unspecified atom stereocenters. The van der Waals surface area contributed by atoms with Crippen LogP contribution in [0.25, 0.3) is 0 Å². The van der Waals surface area contributed by atoms with E-state index < -0.39 is 0 Å². The Morgan fingerprint density at radius 2 is 1.38 bits per heavy atom. The molecule has 1 atom stereocenters. The lowest BCUT2D eigenvalue weighted by atomic mass is 10.0. The molecule has 0 saturated heterocycles. The number of rotatable bonds is 15. The maximum absolute atomic E-state index is 11.5. The highest BCUT2D eigenvalue weighted by Crippen LogP contribution is 2.12. The number of unbranched alkanes of at least 4 members (excludes halogenated alkanes) is 9. The summed E-state index contributed by atoms with van der Waals surface area (Å²) < 4.78 is 0. The predicted octanol–water partition coefficient (Wildman–Crippen LogP) is 4.41. The standard InChI is InChI=1S/C18H38N2O/c1-4-6-7-8-9-10-11-12-13-14-15-17(5-2)20-18(21)16-19-3/h17,19H,4-16H2,1-3H3,(H,20,21). The first-order valence-electron chi connectivity index (χ1n) is 9.18. The fourth-order valence-electron chi connectivity index (χ4n) is 2.70. The van der Waals surface area contributed by atoms with Crippen LogP contribution in [0.3, 0.4) is 0 Å². The van der Waals surface area contributed by atoms with E-state index >= 15 is 0 Å². The highest BCUT2D eigenvalue weighted by atomic mass is 16.1. The Morgan fingerprint density at radius 3 is 1.86 bits per heavy atom. The maximum Gasteiger partial charge on any atom is 0.234 e. The molecule has 3 heteroatoms. The third-order valence-corrected chi connectivity index (χ3v) is 4.10. The molecule has 0 radical (unpaired) electrons. The molecule has 0 aliphatic heterocycles. The summed E-state index contributed by atoms with van der Waals surface area (Å²) in [6, 6.07) is 0.361. The van der Waals surface area contributed by atoms with Crippen molar-refractivity contribution in [3.05, 3.63) is 0 Å². The predicted molar refractivity (Wildman–Crippen MR) is 92.6 cm³/mol. The lowest BCUT2D eigenvalue weighted by molar-refractivity contribution is -0.120. The van der Waals surface area contributed by atoms with Gasteiger partial charge < -0.3 is 10.6 Å². The van der Waals surface area contributed by atoms with E-state index in [1.54, 1.807) is 0 Å². The van der Waals surface area contributed by atoms with Gasteiger partial charge in [-0.3, -0.25) is 4.79 Å². The first kappa shape index (κ1) is 20.4. The van der Waals surface area contributed by atoms with Crippen molar-refractivity contribution in [2.45, 2.75) is 96.9 Å². The van der Waals surface area contributed by atoms with Crippen molar-refractivity contribution in [3.8, 4) is 0 Å². The quantitative estimate of drug-likeness (QED) is 0.440. The van der Waals surface area contributed by atoms with Gasteiger partial charge in [-0.15, -0.1) is 0 Å². The number of carbonyl (C=O) groups is 1. The molecule has 0 aromatic rings. The second-order valence-corrected chi connectivity index (χ2v) is 6.17. The molecule has 0 aromatic heterocycles. The van der Waals surface area contributed by atoms with Gasteiger partial charge in [0, 0.05) is 6.04 Å². The summed E-state index contributed by atoms with van der Waals surface area (Å²) in [4.78, 5) is 11.5. The normalized spacial score (nSPS) is 12.3. The van der Waals surface area contributed by atoms with Gasteiger partial charge in [-0.2, -0.15) is 0 Å². The summed E-state index contributed by atoms with van der Waals surface area (Å²) in [5.74, 6) is 0.122. The molecule has 21 heavy (non-hydrogen) atoms. The molecular formula is C18H38N2O. The van der Waals surface area contributed by atoms with E-state index in [9.17, 15) is 4.79 Å². The minimum absolute atomic E-state index is 0.122. The van der Waals surface area contributed by atoms with E-state index in [0.29, 0.717) is 12.6 Å². The van der Waals surface area contributed by atoms with Gasteiger partial charge in [0.25, 0.3) is 0 Å². The number of hydrogen-bond acceptors (Lipinski definition) is 2. The van der Waals surface area contributed by atoms with Crippen molar-refractivity contribution in [3.63, 3.8) is 0 Å². The number of likely N-dealkylation sites (N-methyl/N-ethyl adjacent to an activating group) is 1. The lowest BCUT2D eigenvalue weighted by Gasteiger charge is -2.16. The van der Waals surface area contributed by atoms with Crippen molar-refractivity contribution in [2.75, 3.05) is 13.6 Å². The van der Waals surface area contributed by atoms with Crippen LogP contribution in [-0.4, -0.2) is 25.5 Å². The SMILES string of the molecule is CCCCCCCCCCCCC(CC)NC(=O)CNC. The smallest absolute Gasteiger partial charge is 0.234 e. The van der Waals surface area contributed by atoms with Crippen molar-refractivity contribution in [1.29, 1.82) is 0 Å². The molecule has 126 valence electrons. The highest BCUT2D eigenvalue weighted by Gasteiger charge is 2.08. The zero-order valence-electron chi connectivity index (χ0n) is 14.7. The summed E-state index contributed by atoms with van der Waals surface area (Å²) in [6.07, 6.45) is 15.9. The van der Waals surface area contributed by atoms with E-state index in [2.05, 4.69) is 24.5 Å². The molecule has 0 bridgehead atoms. The average Bonchev–Trinajstić information content (AvgIpc) is 2.48. The summed E-state index contributed by atoms with van der Waals surface area (Å²) in [5, 5.41) is 5.99. The Balaban J connectivity index is 3.37. The Bertz CT molecular complexity index is 231. The van der Waals surface area contributed by atoms with Crippen LogP contribution in [0.5, 0.6) is 0 Å². The highest BCUT2D eigenvalue weighted by molar-refractivity contribution is 5.78. The van der Waals surface area contributed by atoms with E-state index in [0.717, 1.165) is 12.8 Å². The minimum atomic E-state index is 0.122. The molecule has 0 aliphatic carbocycles. The molecule has 0 heterocycles. The van der Waals surface area contributed by atoms with Crippen LogP contribution in [0.2, 0.25) is 0 Å². The first-order chi connectivity index (χ1) is 10.2. The molecule has 0 aliphatic rings. The van der Waals surface area contributed by atoms with E-state index in [1.807, 2.05) is 7.05 Å². The zero-order chi connectivity index (χ0) is 15.8. The Morgan fingerprint density at radius 1 is 0.857 bits per heavy atom. The van der Waals surface area contributed by atoms with Gasteiger partial charge in [0.2, 0.25) is 5.91 Å². The molecule has 0 saturated carbocycles. The van der Waals surface area contributed by atoms with E-state index in [1.165, 1.54) is 64.2 Å². The van der Waals surface area contributed by atoms with E-state index in [4.69, 9.17) is 0 Å². The third-order valence-electron chi connectivity index (χ3n) is 4.10. The van der Waals surface area contributed by atoms with Crippen LogP contribution in [0, 0.1) is 0 Å². The molecular weight excluding hydrogens is 260 g/mol. The molecule has 2 N–H and O–H groups in total. The summed E-state index contributed by atoms with van der Waals surface area (Å²) in [7, 11) is 1.81. The maximum atomic E-state index is 11.5. The van der Waals surface area contributed by atoms with Crippen LogP contribution >= 0.6 is 0 Å². The average molecular weight is 299 g/mol. The zero-order valence-corrected chi connectivity index (χ0v) is 14.7. The second-order valence-electron chi connectivity index (χ2n) is 6.17. The van der Waals surface area contributed by atoms with Crippen molar-refractivity contribution in [2.24, 2.45) is 0 Å². The lowest BCUT2D eigenvalue weighted by Crippen LogP contribution is -2.39. The monoisotopic (exact) mass is 298 g/mol. The van der Waals surface area contributed by atoms with Crippen molar-refractivity contribution in [1.82, 2.24) is 10.6 Å². The summed E-state index contributed by atoms with van der Waals surface area (Å²) in [6.45, 7) is 4.85. The second kappa shape index (κ2) is 15.8. The van der Waals surface area contributed by atoms with Gasteiger partial charge in [0.15, 0.2) is 0 Å². The number of hydrogen-bond donors (Lipinski definition) is 2.